The molecule has 3 heterocycles. The zero-order chi connectivity index (χ0) is 24.9. The van der Waals surface area contributed by atoms with Crippen molar-refractivity contribution in [2.45, 2.75) is 31.8 Å². The Morgan fingerprint density at radius 3 is 2.20 bits per heavy atom. The van der Waals surface area contributed by atoms with Crippen LogP contribution in [-0.2, 0) is 6.54 Å². The summed E-state index contributed by atoms with van der Waals surface area (Å²) in [4.78, 5) is 17.3. The molecular formula is C28H43Cl3N6O3. The van der Waals surface area contributed by atoms with E-state index in [1.165, 1.54) is 5.56 Å². The minimum atomic E-state index is 0. The van der Waals surface area contributed by atoms with Crippen molar-refractivity contribution in [3.05, 3.63) is 48.0 Å². The van der Waals surface area contributed by atoms with Crippen molar-refractivity contribution < 1.29 is 14.9 Å². The lowest BCUT2D eigenvalue weighted by atomic mass is 10.0. The number of piperidine rings is 1. The molecule has 0 radical (unpaired) electrons. The molecule has 2 fully saturated rings. The predicted octanol–water partition coefficient (Wildman–Crippen LogP) is 4.31. The van der Waals surface area contributed by atoms with Crippen LogP contribution in [0.4, 0.5) is 11.8 Å². The van der Waals surface area contributed by atoms with Crippen molar-refractivity contribution in [3.8, 4) is 11.5 Å². The summed E-state index contributed by atoms with van der Waals surface area (Å²) in [5, 5.41) is 4.76. The van der Waals surface area contributed by atoms with Gasteiger partial charge in [-0.05, 0) is 44.5 Å². The zero-order valence-electron chi connectivity index (χ0n) is 23.5. The second-order valence-electron chi connectivity index (χ2n) is 9.92. The fourth-order valence-electron chi connectivity index (χ4n) is 5.21. The number of halogens is 3. The van der Waals surface area contributed by atoms with E-state index in [0.29, 0.717) is 17.5 Å². The van der Waals surface area contributed by atoms with Crippen molar-refractivity contribution >= 4 is 59.9 Å². The van der Waals surface area contributed by atoms with E-state index < -0.39 is 0 Å². The monoisotopic (exact) mass is 616 g/mol. The summed E-state index contributed by atoms with van der Waals surface area (Å²) in [6.45, 7) is 7.13. The van der Waals surface area contributed by atoms with Crippen LogP contribution >= 0.6 is 37.2 Å². The highest BCUT2D eigenvalue weighted by molar-refractivity contribution is 5.93. The molecule has 2 aliphatic heterocycles. The third-order valence-corrected chi connectivity index (χ3v) is 7.37. The Balaban J connectivity index is 0.00000200. The Kier molecular flexibility index (Phi) is 15.1. The number of fused-ring (bicyclic) bond motifs is 1. The van der Waals surface area contributed by atoms with Gasteiger partial charge in [0.25, 0.3) is 0 Å². The van der Waals surface area contributed by atoms with Gasteiger partial charge in [0.15, 0.2) is 11.5 Å². The number of hydrogen-bond donors (Lipinski definition) is 1. The summed E-state index contributed by atoms with van der Waals surface area (Å²) >= 11 is 0. The quantitative estimate of drug-likeness (QED) is 0.419. The van der Waals surface area contributed by atoms with Gasteiger partial charge in [-0.2, -0.15) is 4.98 Å². The number of likely N-dealkylation sites (N-methyl/N-ethyl adjacent to an activating group) is 1. The number of nitrogens with zero attached hydrogens (tertiary/aromatic N) is 5. The van der Waals surface area contributed by atoms with Crippen molar-refractivity contribution in [3.63, 3.8) is 0 Å². The Labute approximate surface area is 256 Å². The second kappa shape index (κ2) is 16.9. The van der Waals surface area contributed by atoms with E-state index in [-0.39, 0.29) is 42.7 Å². The third-order valence-electron chi connectivity index (χ3n) is 7.37. The Bertz CT molecular complexity index is 1170. The molecule has 40 heavy (non-hydrogen) atoms. The molecule has 3 aromatic rings. The van der Waals surface area contributed by atoms with Gasteiger partial charge in [-0.15, -0.1) is 37.2 Å². The first-order chi connectivity index (χ1) is 17.6. The number of ether oxygens (including phenoxy) is 2. The van der Waals surface area contributed by atoms with Gasteiger partial charge in [-0.25, -0.2) is 4.98 Å². The molecule has 224 valence electrons. The number of methoxy groups -OCH3 is 2. The first-order valence-electron chi connectivity index (χ1n) is 13.0. The van der Waals surface area contributed by atoms with Crippen molar-refractivity contribution in [2.75, 3.05) is 70.8 Å². The summed E-state index contributed by atoms with van der Waals surface area (Å²) in [6.07, 6.45) is 3.26. The molecule has 2 aromatic carbocycles. The first-order valence-corrected chi connectivity index (χ1v) is 13.0. The molecule has 0 unspecified atom stereocenters. The second-order valence-corrected chi connectivity index (χ2v) is 9.92. The van der Waals surface area contributed by atoms with Crippen LogP contribution in [0.3, 0.4) is 0 Å². The minimum Gasteiger partial charge on any atom is -0.493 e. The smallest absolute Gasteiger partial charge is 0.227 e. The normalized spacial score (nSPS) is 16.4. The maximum Gasteiger partial charge on any atom is 0.227 e. The van der Waals surface area contributed by atoms with Crippen LogP contribution in [0.1, 0.15) is 24.8 Å². The molecule has 0 spiro atoms. The Morgan fingerprint density at radius 2 is 1.52 bits per heavy atom. The third kappa shape index (κ3) is 8.61. The zero-order valence-corrected chi connectivity index (χ0v) is 25.9. The van der Waals surface area contributed by atoms with Gasteiger partial charge in [-0.1, -0.05) is 30.3 Å². The number of benzene rings is 2. The van der Waals surface area contributed by atoms with Crippen LogP contribution in [0.5, 0.6) is 11.5 Å². The van der Waals surface area contributed by atoms with Gasteiger partial charge in [0.2, 0.25) is 5.95 Å². The van der Waals surface area contributed by atoms with E-state index in [0.717, 1.165) is 87.7 Å². The molecule has 2 saturated heterocycles. The van der Waals surface area contributed by atoms with Crippen LogP contribution in [0.25, 0.3) is 10.9 Å². The summed E-state index contributed by atoms with van der Waals surface area (Å²) in [7, 11) is 5.51. The average molecular weight is 618 g/mol. The maximum absolute atomic E-state index is 5.60. The molecule has 0 amide bonds. The van der Waals surface area contributed by atoms with Crippen molar-refractivity contribution in [1.29, 1.82) is 0 Å². The number of rotatable bonds is 7. The molecule has 12 heteroatoms. The lowest BCUT2D eigenvalue weighted by molar-refractivity contribution is 0.211. The number of anilines is 2. The first kappa shape index (κ1) is 35.8. The van der Waals surface area contributed by atoms with Crippen molar-refractivity contribution in [1.82, 2.24) is 19.8 Å². The molecule has 3 N–H and O–H groups in total. The SMILES string of the molecule is COc1cc2nc(N3CCCN(C)CC3)nc(NC3CCN(Cc4ccccc4)CC3)c2cc1OC.Cl.Cl.Cl.O. The number of hydrogen-bond acceptors (Lipinski definition) is 8. The van der Waals surface area contributed by atoms with Gasteiger partial charge < -0.3 is 30.1 Å². The van der Waals surface area contributed by atoms with E-state index in [9.17, 15) is 0 Å². The fraction of sp³-hybridized carbons (Fsp3) is 0.500. The molecular weight excluding hydrogens is 575 g/mol. The molecule has 0 aliphatic carbocycles. The minimum absolute atomic E-state index is 0. The van der Waals surface area contributed by atoms with E-state index in [4.69, 9.17) is 19.4 Å². The highest BCUT2D eigenvalue weighted by atomic mass is 35.5. The van der Waals surface area contributed by atoms with Gasteiger partial charge in [0, 0.05) is 56.8 Å². The van der Waals surface area contributed by atoms with E-state index in [1.807, 2.05) is 12.1 Å². The number of likely N-dealkylation sites (tertiary alicyclic amines) is 1. The summed E-state index contributed by atoms with van der Waals surface area (Å²) < 4.78 is 11.2. The molecule has 0 atom stereocenters. The fourth-order valence-corrected chi connectivity index (χ4v) is 5.21. The van der Waals surface area contributed by atoms with Crippen molar-refractivity contribution in [2.24, 2.45) is 0 Å². The summed E-state index contributed by atoms with van der Waals surface area (Å²) in [6, 6.07) is 15.1. The van der Waals surface area contributed by atoms with Gasteiger partial charge in [0.1, 0.15) is 5.82 Å². The molecule has 1 aromatic heterocycles. The average Bonchev–Trinajstić information content (AvgIpc) is 3.14. The molecule has 0 bridgehead atoms. The highest BCUT2D eigenvalue weighted by Crippen LogP contribution is 2.35. The van der Waals surface area contributed by atoms with Gasteiger partial charge in [0.05, 0.1) is 19.7 Å². The number of nitrogens with one attached hydrogen (secondary N) is 1. The predicted molar refractivity (Wildman–Crippen MR) is 171 cm³/mol. The molecule has 2 aliphatic rings. The molecule has 5 rings (SSSR count). The number of aromatic nitrogens is 2. The Morgan fingerprint density at radius 1 is 0.850 bits per heavy atom. The van der Waals surface area contributed by atoms with Crippen LogP contribution in [0, 0.1) is 0 Å². The summed E-state index contributed by atoms with van der Waals surface area (Å²) in [5.74, 6) is 3.05. The summed E-state index contributed by atoms with van der Waals surface area (Å²) in [5.41, 5.74) is 2.25. The highest BCUT2D eigenvalue weighted by Gasteiger charge is 2.23. The largest absolute Gasteiger partial charge is 0.493 e. The standard InChI is InChI=1S/C28H38N6O2.3ClH.H2O/c1-32-12-7-13-34(17-16-32)28-30-24-19-26(36-3)25(35-2)18-23(24)27(31-28)29-22-10-14-33(15-11-22)20-21-8-5-4-6-9-21;;;;/h4-6,8-9,18-19,22H,7,10-17,20H2,1-3H3,(H,29,30,31);3*1H;1H2. The van der Waals surface area contributed by atoms with Crippen LogP contribution < -0.4 is 19.7 Å². The molecule has 9 nitrogen and oxygen atoms in total. The van der Waals surface area contributed by atoms with Gasteiger partial charge in [-0.3, -0.25) is 4.90 Å². The van der Waals surface area contributed by atoms with Crippen LogP contribution in [0.2, 0.25) is 0 Å². The van der Waals surface area contributed by atoms with Gasteiger partial charge >= 0.3 is 0 Å². The molecule has 0 saturated carbocycles. The maximum atomic E-state index is 5.60. The Hall–Kier alpha value is -2.27. The van der Waals surface area contributed by atoms with Crippen LogP contribution in [0.15, 0.2) is 42.5 Å². The van der Waals surface area contributed by atoms with Crippen LogP contribution in [-0.4, -0.2) is 91.8 Å². The lowest BCUT2D eigenvalue weighted by Gasteiger charge is -2.33. The lowest BCUT2D eigenvalue weighted by Crippen LogP contribution is -2.39. The van der Waals surface area contributed by atoms with E-state index in [1.54, 1.807) is 14.2 Å². The van der Waals surface area contributed by atoms with E-state index >= 15 is 0 Å². The van der Waals surface area contributed by atoms with E-state index in [2.05, 4.69) is 57.4 Å². The topological polar surface area (TPSA) is 97.5 Å².